The lowest BCUT2D eigenvalue weighted by molar-refractivity contribution is 0.0952. The molecule has 0 saturated carbocycles. The van der Waals surface area contributed by atoms with Gasteiger partial charge in [-0.3, -0.25) is 0 Å². The van der Waals surface area contributed by atoms with Crippen LogP contribution in [-0.4, -0.2) is 63.1 Å². The molecule has 0 spiro atoms. The van der Waals surface area contributed by atoms with Gasteiger partial charge in [0.15, 0.2) is 0 Å². The summed E-state index contributed by atoms with van der Waals surface area (Å²) < 4.78 is 15.6. The van der Waals surface area contributed by atoms with Crippen molar-refractivity contribution in [3.8, 4) is 0 Å². The Hall–Kier alpha value is -0.720. The quantitative estimate of drug-likeness (QED) is 0.364. The maximum Gasteiger partial charge on any atom is 0.0697 e. The monoisotopic (exact) mass is 274 g/mol. The number of hydrogen-bond acceptors (Lipinski definition) is 5. The van der Waals surface area contributed by atoms with Crippen LogP contribution in [0.15, 0.2) is 24.3 Å². The standard InChI is InChI=1S/C14H26O5/c15-7-13-18-11-5-1-3-9-17-10-4-2-6-12-19-14-8-16/h1-4,15-16H,5-14H2. The summed E-state index contributed by atoms with van der Waals surface area (Å²) in [6, 6.07) is 0. The number of rotatable bonds is 14. The molecule has 0 unspecified atom stereocenters. The number of ether oxygens (including phenoxy) is 3. The summed E-state index contributed by atoms with van der Waals surface area (Å²) in [6.07, 6.45) is 9.59. The molecule has 0 aliphatic carbocycles. The van der Waals surface area contributed by atoms with Gasteiger partial charge in [0.1, 0.15) is 0 Å². The van der Waals surface area contributed by atoms with E-state index in [1.807, 2.05) is 24.3 Å². The van der Waals surface area contributed by atoms with Crippen molar-refractivity contribution < 1.29 is 24.4 Å². The first-order valence-corrected chi connectivity index (χ1v) is 6.66. The predicted octanol–water partition coefficient (Wildman–Crippen LogP) is 0.913. The van der Waals surface area contributed by atoms with Crippen molar-refractivity contribution in [2.75, 3.05) is 52.9 Å². The lowest BCUT2D eigenvalue weighted by Gasteiger charge is -1.99. The molecule has 0 radical (unpaired) electrons. The molecule has 2 N–H and O–H groups in total. The lowest BCUT2D eigenvalue weighted by Crippen LogP contribution is -2.00. The van der Waals surface area contributed by atoms with E-state index in [0.29, 0.717) is 39.6 Å². The van der Waals surface area contributed by atoms with Gasteiger partial charge < -0.3 is 24.4 Å². The summed E-state index contributed by atoms with van der Waals surface area (Å²) in [5, 5.41) is 17.0. The zero-order valence-corrected chi connectivity index (χ0v) is 11.5. The zero-order valence-electron chi connectivity index (χ0n) is 11.5. The molecule has 5 nitrogen and oxygen atoms in total. The van der Waals surface area contributed by atoms with Gasteiger partial charge in [0.05, 0.1) is 52.9 Å². The average Bonchev–Trinajstić information content (AvgIpc) is 2.43. The van der Waals surface area contributed by atoms with E-state index < -0.39 is 0 Å². The second-order valence-corrected chi connectivity index (χ2v) is 3.73. The van der Waals surface area contributed by atoms with E-state index in [1.165, 1.54) is 0 Å². The molecule has 0 aliphatic heterocycles. The van der Waals surface area contributed by atoms with E-state index in [0.717, 1.165) is 12.8 Å². The van der Waals surface area contributed by atoms with Crippen LogP contribution >= 0.6 is 0 Å². The van der Waals surface area contributed by atoms with Gasteiger partial charge in [-0.15, -0.1) is 0 Å². The Morgan fingerprint density at radius 3 is 1.47 bits per heavy atom. The minimum Gasteiger partial charge on any atom is -0.394 e. The topological polar surface area (TPSA) is 68.2 Å². The van der Waals surface area contributed by atoms with Crippen LogP contribution in [0.5, 0.6) is 0 Å². The molecule has 0 fully saturated rings. The summed E-state index contributed by atoms with van der Waals surface area (Å²) in [5.41, 5.74) is 0. The Bertz CT molecular complexity index is 194. The van der Waals surface area contributed by atoms with Crippen LogP contribution in [0.25, 0.3) is 0 Å². The van der Waals surface area contributed by atoms with Crippen LogP contribution in [0.3, 0.4) is 0 Å². The zero-order chi connectivity index (χ0) is 14.0. The van der Waals surface area contributed by atoms with E-state index in [-0.39, 0.29) is 13.2 Å². The maximum absolute atomic E-state index is 8.48. The number of aliphatic hydroxyl groups is 2. The molecule has 0 atom stereocenters. The van der Waals surface area contributed by atoms with Gasteiger partial charge in [-0.2, -0.15) is 0 Å². The average molecular weight is 274 g/mol. The lowest BCUT2D eigenvalue weighted by atomic mass is 10.4. The molecule has 19 heavy (non-hydrogen) atoms. The molecule has 0 amide bonds. The molecule has 0 aromatic carbocycles. The highest BCUT2D eigenvalue weighted by Crippen LogP contribution is 1.88. The molecule has 112 valence electrons. The van der Waals surface area contributed by atoms with Crippen LogP contribution in [0, 0.1) is 0 Å². The summed E-state index contributed by atoms with van der Waals surface area (Å²) in [6.45, 7) is 3.38. The van der Waals surface area contributed by atoms with Crippen LogP contribution < -0.4 is 0 Å². The van der Waals surface area contributed by atoms with Gasteiger partial charge in [-0.25, -0.2) is 0 Å². The van der Waals surface area contributed by atoms with E-state index in [4.69, 9.17) is 24.4 Å². The summed E-state index contributed by atoms with van der Waals surface area (Å²) in [5.74, 6) is 0. The Kier molecular flexibility index (Phi) is 16.6. The van der Waals surface area contributed by atoms with Crippen LogP contribution in [0.4, 0.5) is 0 Å². The first-order chi connectivity index (χ1) is 9.41. The summed E-state index contributed by atoms with van der Waals surface area (Å²) in [4.78, 5) is 0. The maximum atomic E-state index is 8.48. The van der Waals surface area contributed by atoms with E-state index in [1.54, 1.807) is 0 Å². The first-order valence-electron chi connectivity index (χ1n) is 6.66. The van der Waals surface area contributed by atoms with Gasteiger partial charge in [0.25, 0.3) is 0 Å². The third-order valence-electron chi connectivity index (χ3n) is 2.09. The van der Waals surface area contributed by atoms with E-state index in [9.17, 15) is 0 Å². The van der Waals surface area contributed by atoms with Crippen molar-refractivity contribution in [3.05, 3.63) is 24.3 Å². The largest absolute Gasteiger partial charge is 0.394 e. The van der Waals surface area contributed by atoms with Gasteiger partial charge in [-0.05, 0) is 12.8 Å². The molecule has 5 heteroatoms. The Morgan fingerprint density at radius 2 is 1.05 bits per heavy atom. The molecular weight excluding hydrogens is 248 g/mol. The highest BCUT2D eigenvalue weighted by Gasteiger charge is 1.85. The van der Waals surface area contributed by atoms with Crippen LogP contribution in [0.2, 0.25) is 0 Å². The first kappa shape index (κ1) is 18.3. The minimum atomic E-state index is 0.0736. The fourth-order valence-electron chi connectivity index (χ4n) is 1.21. The normalized spacial score (nSPS) is 11.9. The third-order valence-corrected chi connectivity index (χ3v) is 2.09. The number of aliphatic hydroxyl groups excluding tert-OH is 2. The predicted molar refractivity (Wildman–Crippen MR) is 74.1 cm³/mol. The van der Waals surface area contributed by atoms with Crippen molar-refractivity contribution in [1.82, 2.24) is 0 Å². The summed E-state index contributed by atoms with van der Waals surface area (Å²) in [7, 11) is 0. The molecule has 0 aromatic rings. The molecule has 0 rings (SSSR count). The highest BCUT2D eigenvalue weighted by molar-refractivity contribution is 4.84. The Balaban J connectivity index is 3.12. The number of hydrogen-bond donors (Lipinski definition) is 2. The Morgan fingerprint density at radius 1 is 0.579 bits per heavy atom. The van der Waals surface area contributed by atoms with Crippen molar-refractivity contribution >= 4 is 0 Å². The molecule has 0 aliphatic rings. The van der Waals surface area contributed by atoms with Crippen molar-refractivity contribution in [2.45, 2.75) is 12.8 Å². The highest BCUT2D eigenvalue weighted by atomic mass is 16.5. The molecule has 0 aromatic heterocycles. The van der Waals surface area contributed by atoms with Gasteiger partial charge >= 0.3 is 0 Å². The Labute approximate surface area is 115 Å². The van der Waals surface area contributed by atoms with E-state index in [2.05, 4.69) is 0 Å². The van der Waals surface area contributed by atoms with Gasteiger partial charge in [0.2, 0.25) is 0 Å². The van der Waals surface area contributed by atoms with Gasteiger partial charge in [0, 0.05) is 0 Å². The molecular formula is C14H26O5. The molecule has 0 bridgehead atoms. The van der Waals surface area contributed by atoms with Gasteiger partial charge in [-0.1, -0.05) is 24.3 Å². The van der Waals surface area contributed by atoms with Crippen molar-refractivity contribution in [3.63, 3.8) is 0 Å². The fourth-order valence-corrected chi connectivity index (χ4v) is 1.21. The fraction of sp³-hybridized carbons (Fsp3) is 0.714. The third kappa shape index (κ3) is 17.3. The minimum absolute atomic E-state index is 0.0736. The SMILES string of the molecule is OCCOCCC=CCOCC=CCCOCCO. The van der Waals surface area contributed by atoms with Crippen LogP contribution in [-0.2, 0) is 14.2 Å². The van der Waals surface area contributed by atoms with E-state index >= 15 is 0 Å². The van der Waals surface area contributed by atoms with Crippen LogP contribution in [0.1, 0.15) is 12.8 Å². The second kappa shape index (κ2) is 17.3. The molecule has 0 heterocycles. The van der Waals surface area contributed by atoms with Crippen molar-refractivity contribution in [1.29, 1.82) is 0 Å². The smallest absolute Gasteiger partial charge is 0.0697 e. The molecule has 0 saturated heterocycles. The summed E-state index contributed by atoms with van der Waals surface area (Å²) >= 11 is 0. The second-order valence-electron chi connectivity index (χ2n) is 3.73. The van der Waals surface area contributed by atoms with Crippen molar-refractivity contribution in [2.24, 2.45) is 0 Å².